The van der Waals surface area contributed by atoms with Crippen LogP contribution in [-0.2, 0) is 26.2 Å². The van der Waals surface area contributed by atoms with Crippen molar-refractivity contribution in [1.82, 2.24) is 10.2 Å². The molecule has 0 aliphatic heterocycles. The summed E-state index contributed by atoms with van der Waals surface area (Å²) in [7, 11) is -2.38. The number of rotatable bonds is 14. The summed E-state index contributed by atoms with van der Waals surface area (Å²) >= 11 is 0. The highest BCUT2D eigenvalue weighted by Gasteiger charge is 2.26. The monoisotopic (exact) mass is 573 g/mol. The number of hydrogen-bond donors (Lipinski definition) is 3. The van der Waals surface area contributed by atoms with Crippen LogP contribution in [0.1, 0.15) is 18.9 Å². The SMILES string of the molecule is COc1ccc(CN(C(=O)COc2ccc(S(=O)(=O)Nc3ccc(F)cc3)cc2)[C@@H](C)C(=O)NCCCO)cc1. The van der Waals surface area contributed by atoms with Crippen molar-refractivity contribution in [3.8, 4) is 11.5 Å². The van der Waals surface area contributed by atoms with E-state index in [0.717, 1.165) is 17.7 Å². The minimum Gasteiger partial charge on any atom is -0.497 e. The minimum atomic E-state index is -3.93. The van der Waals surface area contributed by atoms with E-state index in [1.165, 1.54) is 41.3 Å². The van der Waals surface area contributed by atoms with Gasteiger partial charge in [-0.2, -0.15) is 0 Å². The lowest BCUT2D eigenvalue weighted by Gasteiger charge is -2.28. The van der Waals surface area contributed by atoms with E-state index in [-0.39, 0.29) is 41.9 Å². The van der Waals surface area contributed by atoms with Gasteiger partial charge in [-0.25, -0.2) is 12.8 Å². The fourth-order valence-electron chi connectivity index (χ4n) is 3.62. The largest absolute Gasteiger partial charge is 0.497 e. The van der Waals surface area contributed by atoms with Crippen LogP contribution in [0.2, 0.25) is 0 Å². The van der Waals surface area contributed by atoms with Crippen LogP contribution in [0.3, 0.4) is 0 Å². The van der Waals surface area contributed by atoms with Gasteiger partial charge < -0.3 is 24.8 Å². The summed E-state index contributed by atoms with van der Waals surface area (Å²) in [6.07, 6.45) is 0.388. The van der Waals surface area contributed by atoms with Crippen LogP contribution in [0, 0.1) is 5.82 Å². The Morgan fingerprint density at radius 1 is 0.975 bits per heavy atom. The highest BCUT2D eigenvalue weighted by molar-refractivity contribution is 7.92. The first kappa shape index (κ1) is 30.4. The van der Waals surface area contributed by atoms with Crippen molar-refractivity contribution in [3.63, 3.8) is 0 Å². The van der Waals surface area contributed by atoms with Crippen molar-refractivity contribution in [3.05, 3.63) is 84.2 Å². The van der Waals surface area contributed by atoms with Crippen molar-refractivity contribution in [2.75, 3.05) is 31.6 Å². The number of amides is 2. The van der Waals surface area contributed by atoms with Crippen LogP contribution >= 0.6 is 0 Å². The Hall–Kier alpha value is -4.16. The summed E-state index contributed by atoms with van der Waals surface area (Å²) in [6, 6.07) is 16.6. The molecule has 0 radical (unpaired) electrons. The topological polar surface area (TPSA) is 134 Å². The molecule has 0 saturated heterocycles. The molecular formula is C28H32FN3O7S. The van der Waals surface area contributed by atoms with Gasteiger partial charge in [0.1, 0.15) is 23.4 Å². The lowest BCUT2D eigenvalue weighted by Crippen LogP contribution is -2.49. The number of halogens is 1. The van der Waals surface area contributed by atoms with Crippen molar-refractivity contribution in [1.29, 1.82) is 0 Å². The second kappa shape index (κ2) is 14.3. The first-order valence-electron chi connectivity index (χ1n) is 12.4. The van der Waals surface area contributed by atoms with Gasteiger partial charge in [0.2, 0.25) is 5.91 Å². The summed E-state index contributed by atoms with van der Waals surface area (Å²) in [4.78, 5) is 27.2. The number of aliphatic hydroxyl groups is 1. The van der Waals surface area contributed by atoms with Gasteiger partial charge in [0, 0.05) is 25.4 Å². The van der Waals surface area contributed by atoms with Gasteiger partial charge in [0.05, 0.1) is 12.0 Å². The average molecular weight is 574 g/mol. The zero-order chi connectivity index (χ0) is 29.1. The maximum Gasteiger partial charge on any atom is 0.261 e. The van der Waals surface area contributed by atoms with Gasteiger partial charge >= 0.3 is 0 Å². The van der Waals surface area contributed by atoms with E-state index in [1.807, 2.05) is 0 Å². The lowest BCUT2D eigenvalue weighted by atomic mass is 10.1. The normalized spacial score (nSPS) is 11.8. The van der Waals surface area contributed by atoms with Gasteiger partial charge in [-0.3, -0.25) is 14.3 Å². The number of nitrogens with one attached hydrogen (secondary N) is 2. The number of carbonyl (C=O) groups excluding carboxylic acids is 2. The summed E-state index contributed by atoms with van der Waals surface area (Å²) < 4.78 is 51.5. The van der Waals surface area contributed by atoms with Crippen molar-refractivity contribution in [2.45, 2.75) is 30.8 Å². The van der Waals surface area contributed by atoms with E-state index in [2.05, 4.69) is 10.0 Å². The Balaban J connectivity index is 1.67. The van der Waals surface area contributed by atoms with E-state index in [4.69, 9.17) is 14.6 Å². The van der Waals surface area contributed by atoms with E-state index < -0.39 is 34.4 Å². The van der Waals surface area contributed by atoms with Crippen molar-refractivity contribution < 1.29 is 37.0 Å². The molecule has 2 amide bonds. The van der Waals surface area contributed by atoms with E-state index in [1.54, 1.807) is 38.3 Å². The molecule has 0 spiro atoms. The molecule has 0 aliphatic carbocycles. The molecule has 0 saturated carbocycles. The maximum atomic E-state index is 13.2. The third-order valence-electron chi connectivity index (χ3n) is 5.91. The molecule has 0 aliphatic rings. The van der Waals surface area contributed by atoms with Crippen LogP contribution < -0.4 is 19.5 Å². The number of benzene rings is 3. The summed E-state index contributed by atoms with van der Waals surface area (Å²) in [5.74, 6) is -0.427. The highest BCUT2D eigenvalue weighted by Crippen LogP contribution is 2.20. The van der Waals surface area contributed by atoms with Crippen LogP contribution in [0.15, 0.2) is 77.7 Å². The number of carbonyl (C=O) groups is 2. The molecule has 3 aromatic rings. The predicted octanol–water partition coefficient (Wildman–Crippen LogP) is 2.93. The predicted molar refractivity (Wildman–Crippen MR) is 147 cm³/mol. The third-order valence-corrected chi connectivity index (χ3v) is 7.30. The minimum absolute atomic E-state index is 0.0511. The molecule has 3 rings (SSSR count). The Morgan fingerprint density at radius 2 is 1.60 bits per heavy atom. The molecule has 0 heterocycles. The molecule has 1 atom stereocenters. The molecule has 40 heavy (non-hydrogen) atoms. The molecule has 3 aromatic carbocycles. The molecule has 12 heteroatoms. The molecule has 0 fully saturated rings. The van der Waals surface area contributed by atoms with Crippen LogP contribution in [-0.4, -0.2) is 63.1 Å². The fourth-order valence-corrected chi connectivity index (χ4v) is 4.68. The average Bonchev–Trinajstić information content (AvgIpc) is 2.96. The van der Waals surface area contributed by atoms with Gasteiger partial charge in [-0.05, 0) is 79.6 Å². The smallest absolute Gasteiger partial charge is 0.261 e. The molecular weight excluding hydrogens is 541 g/mol. The number of ether oxygens (including phenoxy) is 2. The number of nitrogens with zero attached hydrogens (tertiary/aromatic N) is 1. The van der Waals surface area contributed by atoms with E-state index in [9.17, 15) is 22.4 Å². The van der Waals surface area contributed by atoms with Crippen molar-refractivity contribution in [2.24, 2.45) is 0 Å². The van der Waals surface area contributed by atoms with E-state index in [0.29, 0.717) is 12.2 Å². The summed E-state index contributed by atoms with van der Waals surface area (Å²) in [5, 5.41) is 11.7. The fraction of sp³-hybridized carbons (Fsp3) is 0.286. The Bertz CT molecular complexity index is 1370. The van der Waals surface area contributed by atoms with Gasteiger partial charge in [0.25, 0.3) is 15.9 Å². The highest BCUT2D eigenvalue weighted by atomic mass is 32.2. The Labute approximate surface area is 232 Å². The summed E-state index contributed by atoms with van der Waals surface area (Å²) in [6.45, 7) is 1.53. The zero-order valence-corrected chi connectivity index (χ0v) is 23.0. The number of anilines is 1. The van der Waals surface area contributed by atoms with Gasteiger partial charge in [-0.15, -0.1) is 0 Å². The molecule has 0 bridgehead atoms. The van der Waals surface area contributed by atoms with Gasteiger partial charge in [-0.1, -0.05) is 12.1 Å². The number of aliphatic hydroxyl groups excluding tert-OH is 1. The van der Waals surface area contributed by atoms with Crippen LogP contribution in [0.5, 0.6) is 11.5 Å². The maximum absolute atomic E-state index is 13.2. The number of hydrogen-bond acceptors (Lipinski definition) is 7. The number of sulfonamides is 1. The quantitative estimate of drug-likeness (QED) is 0.253. The van der Waals surface area contributed by atoms with Crippen LogP contribution in [0.25, 0.3) is 0 Å². The second-order valence-corrected chi connectivity index (χ2v) is 10.5. The second-order valence-electron chi connectivity index (χ2n) is 8.79. The molecule has 0 aromatic heterocycles. The summed E-state index contributed by atoms with van der Waals surface area (Å²) in [5.41, 5.74) is 0.978. The zero-order valence-electron chi connectivity index (χ0n) is 22.2. The lowest BCUT2D eigenvalue weighted by molar-refractivity contribution is -0.142. The van der Waals surface area contributed by atoms with Crippen molar-refractivity contribution >= 4 is 27.5 Å². The third kappa shape index (κ3) is 8.68. The molecule has 3 N–H and O–H groups in total. The first-order valence-corrected chi connectivity index (χ1v) is 13.9. The van der Waals surface area contributed by atoms with Crippen LogP contribution in [0.4, 0.5) is 10.1 Å². The molecule has 10 nitrogen and oxygen atoms in total. The molecule has 0 unspecified atom stereocenters. The standard InChI is InChI=1S/C28H32FN3O7S/c1-20(28(35)30-16-3-17-33)32(18-21-4-10-24(38-2)11-5-21)27(34)19-39-25-12-14-26(15-13-25)40(36,37)31-23-8-6-22(29)7-9-23/h4-15,20,31,33H,3,16-19H2,1-2H3,(H,30,35)/t20-/m0/s1. The Kier molecular flexibility index (Phi) is 10.9. The van der Waals surface area contributed by atoms with Gasteiger partial charge in [0.15, 0.2) is 6.61 Å². The Morgan fingerprint density at radius 3 is 2.20 bits per heavy atom. The number of methoxy groups -OCH3 is 1. The molecule has 214 valence electrons. The van der Waals surface area contributed by atoms with E-state index >= 15 is 0 Å². The first-order chi connectivity index (χ1) is 19.1.